The van der Waals surface area contributed by atoms with E-state index in [0.29, 0.717) is 6.04 Å². The SMILES string of the molecule is CNC1CCCCc2cn(CCOC(C)(C)C)cc21. The molecular weight excluding hydrogens is 236 g/mol. The van der Waals surface area contributed by atoms with Gasteiger partial charge in [0.25, 0.3) is 0 Å². The molecule has 0 spiro atoms. The Morgan fingerprint density at radius 1 is 1.32 bits per heavy atom. The van der Waals surface area contributed by atoms with E-state index in [1.165, 1.54) is 36.8 Å². The van der Waals surface area contributed by atoms with Crippen molar-refractivity contribution in [2.24, 2.45) is 0 Å². The summed E-state index contributed by atoms with van der Waals surface area (Å²) < 4.78 is 8.10. The van der Waals surface area contributed by atoms with Crippen molar-refractivity contribution in [2.45, 2.75) is 64.6 Å². The van der Waals surface area contributed by atoms with Crippen LogP contribution in [0.2, 0.25) is 0 Å². The van der Waals surface area contributed by atoms with Crippen LogP contribution in [0.25, 0.3) is 0 Å². The fraction of sp³-hybridized carbons (Fsp3) is 0.750. The van der Waals surface area contributed by atoms with Crippen LogP contribution in [-0.2, 0) is 17.7 Å². The van der Waals surface area contributed by atoms with Crippen molar-refractivity contribution in [3.8, 4) is 0 Å². The maximum absolute atomic E-state index is 5.81. The first-order valence-electron chi connectivity index (χ1n) is 7.49. The topological polar surface area (TPSA) is 26.2 Å². The van der Waals surface area contributed by atoms with Gasteiger partial charge in [-0.1, -0.05) is 6.42 Å². The first kappa shape index (κ1) is 14.6. The van der Waals surface area contributed by atoms with Crippen LogP contribution < -0.4 is 5.32 Å². The Labute approximate surface area is 117 Å². The molecule has 1 heterocycles. The van der Waals surface area contributed by atoms with Gasteiger partial charge in [-0.25, -0.2) is 0 Å². The van der Waals surface area contributed by atoms with E-state index in [2.05, 4.69) is 50.1 Å². The smallest absolute Gasteiger partial charge is 0.0652 e. The average Bonchev–Trinajstić information content (AvgIpc) is 2.62. The summed E-state index contributed by atoms with van der Waals surface area (Å²) in [6, 6.07) is 0.530. The van der Waals surface area contributed by atoms with Gasteiger partial charge in [-0.2, -0.15) is 0 Å². The zero-order valence-corrected chi connectivity index (χ0v) is 12.8. The van der Waals surface area contributed by atoms with Gasteiger partial charge in [-0.05, 0) is 58.2 Å². The largest absolute Gasteiger partial charge is 0.374 e. The molecule has 1 atom stereocenters. The van der Waals surface area contributed by atoms with E-state index < -0.39 is 0 Å². The fourth-order valence-corrected chi connectivity index (χ4v) is 2.80. The molecule has 0 radical (unpaired) electrons. The van der Waals surface area contributed by atoms with E-state index >= 15 is 0 Å². The predicted octanol–water partition coefficient (Wildman–Crippen LogP) is 3.29. The molecule has 1 unspecified atom stereocenters. The zero-order chi connectivity index (χ0) is 13.9. The first-order chi connectivity index (χ1) is 8.99. The van der Waals surface area contributed by atoms with Crippen LogP contribution in [0.4, 0.5) is 0 Å². The second-order valence-electron chi connectivity index (χ2n) is 6.52. The van der Waals surface area contributed by atoms with E-state index in [4.69, 9.17) is 4.74 Å². The van der Waals surface area contributed by atoms with Crippen molar-refractivity contribution in [1.29, 1.82) is 0 Å². The van der Waals surface area contributed by atoms with E-state index in [0.717, 1.165) is 13.2 Å². The summed E-state index contributed by atoms with van der Waals surface area (Å²) in [4.78, 5) is 0. The standard InChI is InChI=1S/C16H28N2O/c1-16(2,3)19-10-9-18-11-13-7-5-6-8-15(17-4)14(13)12-18/h11-12,15,17H,5-10H2,1-4H3. The van der Waals surface area contributed by atoms with E-state index in [1.807, 2.05) is 0 Å². The molecule has 1 aliphatic rings. The van der Waals surface area contributed by atoms with Crippen molar-refractivity contribution in [1.82, 2.24) is 9.88 Å². The lowest BCUT2D eigenvalue weighted by atomic mass is 10.1. The summed E-state index contributed by atoms with van der Waals surface area (Å²) in [6.45, 7) is 8.04. The van der Waals surface area contributed by atoms with Crippen LogP contribution in [0, 0.1) is 0 Å². The zero-order valence-electron chi connectivity index (χ0n) is 12.8. The molecule has 108 valence electrons. The number of ether oxygens (including phenoxy) is 1. The minimum absolute atomic E-state index is 0.0439. The summed E-state index contributed by atoms with van der Waals surface area (Å²) in [6.07, 6.45) is 9.75. The van der Waals surface area contributed by atoms with Gasteiger partial charge >= 0.3 is 0 Å². The van der Waals surface area contributed by atoms with Crippen molar-refractivity contribution in [3.63, 3.8) is 0 Å². The molecule has 2 rings (SSSR count). The van der Waals surface area contributed by atoms with Gasteiger partial charge in [0.1, 0.15) is 0 Å². The highest BCUT2D eigenvalue weighted by Gasteiger charge is 2.19. The maximum Gasteiger partial charge on any atom is 0.0652 e. The van der Waals surface area contributed by atoms with Gasteiger partial charge in [-0.15, -0.1) is 0 Å². The second kappa shape index (κ2) is 6.10. The molecule has 0 saturated heterocycles. The highest BCUT2D eigenvalue weighted by Crippen LogP contribution is 2.29. The lowest BCUT2D eigenvalue weighted by Crippen LogP contribution is -2.21. The lowest BCUT2D eigenvalue weighted by Gasteiger charge is -2.19. The van der Waals surface area contributed by atoms with E-state index in [-0.39, 0.29) is 5.60 Å². The normalized spacial score (nSPS) is 20.1. The van der Waals surface area contributed by atoms with Gasteiger partial charge in [0.15, 0.2) is 0 Å². The van der Waals surface area contributed by atoms with Gasteiger partial charge in [-0.3, -0.25) is 0 Å². The van der Waals surface area contributed by atoms with Gasteiger partial charge in [0.2, 0.25) is 0 Å². The molecule has 0 fully saturated rings. The molecule has 3 heteroatoms. The number of nitrogens with zero attached hydrogens (tertiary/aromatic N) is 1. The van der Waals surface area contributed by atoms with Crippen LogP contribution >= 0.6 is 0 Å². The van der Waals surface area contributed by atoms with E-state index in [1.54, 1.807) is 0 Å². The Balaban J connectivity index is 2.00. The van der Waals surface area contributed by atoms with Gasteiger partial charge in [0.05, 0.1) is 12.2 Å². The fourth-order valence-electron chi connectivity index (χ4n) is 2.80. The Bertz CT molecular complexity index is 403. The maximum atomic E-state index is 5.81. The summed E-state index contributed by atoms with van der Waals surface area (Å²) in [5, 5.41) is 3.45. The highest BCUT2D eigenvalue weighted by atomic mass is 16.5. The number of nitrogens with one attached hydrogen (secondary N) is 1. The number of hydrogen-bond donors (Lipinski definition) is 1. The van der Waals surface area contributed by atoms with Gasteiger partial charge < -0.3 is 14.6 Å². The minimum Gasteiger partial charge on any atom is -0.374 e. The van der Waals surface area contributed by atoms with E-state index in [9.17, 15) is 0 Å². The molecule has 0 bridgehead atoms. The molecule has 19 heavy (non-hydrogen) atoms. The monoisotopic (exact) mass is 264 g/mol. The molecule has 0 aromatic carbocycles. The van der Waals surface area contributed by atoms with Crippen LogP contribution in [-0.4, -0.2) is 23.8 Å². The summed E-state index contributed by atoms with van der Waals surface area (Å²) in [7, 11) is 2.07. The van der Waals surface area contributed by atoms with Crippen molar-refractivity contribution >= 4 is 0 Å². The Morgan fingerprint density at radius 3 is 2.79 bits per heavy atom. The third-order valence-electron chi connectivity index (χ3n) is 3.79. The Morgan fingerprint density at radius 2 is 2.11 bits per heavy atom. The summed E-state index contributed by atoms with van der Waals surface area (Å²) >= 11 is 0. The van der Waals surface area contributed by atoms with Crippen LogP contribution in [0.5, 0.6) is 0 Å². The Kier molecular flexibility index (Phi) is 4.69. The van der Waals surface area contributed by atoms with Crippen LogP contribution in [0.15, 0.2) is 12.4 Å². The molecule has 1 aliphatic carbocycles. The lowest BCUT2D eigenvalue weighted by molar-refractivity contribution is -0.00680. The summed E-state index contributed by atoms with van der Waals surface area (Å²) in [5.41, 5.74) is 2.97. The summed E-state index contributed by atoms with van der Waals surface area (Å²) in [5.74, 6) is 0. The van der Waals surface area contributed by atoms with Gasteiger partial charge in [0, 0.05) is 25.0 Å². The molecule has 1 N–H and O–H groups in total. The molecular formula is C16H28N2O. The van der Waals surface area contributed by atoms with Crippen LogP contribution in [0.1, 0.15) is 57.2 Å². The van der Waals surface area contributed by atoms with Crippen molar-refractivity contribution < 1.29 is 4.74 Å². The number of fused-ring (bicyclic) bond motifs is 1. The predicted molar refractivity (Wildman–Crippen MR) is 79.5 cm³/mol. The third-order valence-corrected chi connectivity index (χ3v) is 3.79. The molecule has 1 aromatic heterocycles. The van der Waals surface area contributed by atoms with Crippen molar-refractivity contribution in [3.05, 3.63) is 23.5 Å². The molecule has 0 aliphatic heterocycles. The quantitative estimate of drug-likeness (QED) is 0.845. The molecule has 3 nitrogen and oxygen atoms in total. The number of rotatable bonds is 4. The number of hydrogen-bond acceptors (Lipinski definition) is 2. The minimum atomic E-state index is -0.0439. The Hall–Kier alpha value is -0.800. The highest BCUT2D eigenvalue weighted by molar-refractivity contribution is 5.29. The third kappa shape index (κ3) is 4.08. The molecule has 0 saturated carbocycles. The van der Waals surface area contributed by atoms with Crippen molar-refractivity contribution in [2.75, 3.05) is 13.7 Å². The number of aryl methyl sites for hydroxylation is 1. The number of aromatic nitrogens is 1. The second-order valence-corrected chi connectivity index (χ2v) is 6.52. The van der Waals surface area contributed by atoms with Crippen LogP contribution in [0.3, 0.4) is 0 Å². The molecule has 0 amide bonds. The molecule has 1 aromatic rings. The average molecular weight is 264 g/mol. The first-order valence-corrected chi connectivity index (χ1v) is 7.49.